The molecule has 0 bridgehead atoms. The molecule has 3 rings (SSSR count). The number of nitrogens with one attached hydrogen (secondary N) is 2. The second-order valence-electron chi connectivity index (χ2n) is 5.68. The molecule has 20 heavy (non-hydrogen) atoms. The number of Topliss-reactive ketones (excluding diaryl/α,β-unsaturated/α-hetero) is 1. The minimum absolute atomic E-state index is 0.0375. The summed E-state index contributed by atoms with van der Waals surface area (Å²) in [7, 11) is 0. The molecular weight excluding hydrogens is 252 g/mol. The second-order valence-corrected chi connectivity index (χ2v) is 5.68. The predicted molar refractivity (Wildman–Crippen MR) is 77.9 cm³/mol. The third-order valence-corrected chi connectivity index (χ3v) is 4.20. The van der Waals surface area contributed by atoms with Crippen LogP contribution in [0.1, 0.15) is 41.6 Å². The predicted octanol–water partition coefficient (Wildman–Crippen LogP) is 2.14. The highest BCUT2D eigenvalue weighted by molar-refractivity contribution is 6.00. The number of anilines is 1. The van der Waals surface area contributed by atoms with E-state index in [-0.39, 0.29) is 17.6 Å². The van der Waals surface area contributed by atoms with E-state index >= 15 is 0 Å². The number of aryl methyl sites for hydroxylation is 1. The summed E-state index contributed by atoms with van der Waals surface area (Å²) in [6.45, 7) is 1.74. The van der Waals surface area contributed by atoms with Crippen LogP contribution in [0.4, 0.5) is 5.69 Å². The minimum atomic E-state index is 0.0375. The summed E-state index contributed by atoms with van der Waals surface area (Å²) in [5, 5.41) is 6.19. The first-order valence-electron chi connectivity index (χ1n) is 7.42. The standard InChI is InChI=1S/C16H20N2O2/c19-15-5-1-3-11-6-7-13(9-14(11)15)18-16(20)12-4-2-8-17-10-12/h6-7,9,12,17H,1-5,8,10H2,(H,18,20). The minimum Gasteiger partial charge on any atom is -0.326 e. The molecule has 1 fully saturated rings. The lowest BCUT2D eigenvalue weighted by atomic mass is 9.90. The maximum atomic E-state index is 12.2. The van der Waals surface area contributed by atoms with Crippen LogP contribution >= 0.6 is 0 Å². The lowest BCUT2D eigenvalue weighted by molar-refractivity contribution is -0.120. The highest BCUT2D eigenvalue weighted by Crippen LogP contribution is 2.25. The van der Waals surface area contributed by atoms with Crippen molar-refractivity contribution in [1.29, 1.82) is 0 Å². The number of amides is 1. The summed E-state index contributed by atoms with van der Waals surface area (Å²) < 4.78 is 0. The molecule has 0 radical (unpaired) electrons. The maximum Gasteiger partial charge on any atom is 0.228 e. The summed E-state index contributed by atoms with van der Waals surface area (Å²) in [5.74, 6) is 0.289. The molecule has 1 atom stereocenters. The number of rotatable bonds is 2. The molecule has 1 aromatic rings. The molecule has 1 aliphatic carbocycles. The van der Waals surface area contributed by atoms with E-state index in [4.69, 9.17) is 0 Å². The lowest BCUT2D eigenvalue weighted by Gasteiger charge is -2.22. The Bertz CT molecular complexity index is 533. The monoisotopic (exact) mass is 272 g/mol. The van der Waals surface area contributed by atoms with Gasteiger partial charge in [-0.05, 0) is 49.9 Å². The number of piperidine rings is 1. The topological polar surface area (TPSA) is 58.2 Å². The quantitative estimate of drug-likeness (QED) is 0.867. The zero-order valence-electron chi connectivity index (χ0n) is 11.6. The molecule has 2 aliphatic rings. The van der Waals surface area contributed by atoms with Crippen molar-refractivity contribution in [1.82, 2.24) is 5.32 Å². The Labute approximate surface area is 118 Å². The van der Waals surface area contributed by atoms with E-state index in [0.29, 0.717) is 6.42 Å². The average Bonchev–Trinajstić information content (AvgIpc) is 2.49. The van der Waals surface area contributed by atoms with Crippen LogP contribution in [-0.4, -0.2) is 24.8 Å². The fourth-order valence-electron chi connectivity index (χ4n) is 3.03. The SMILES string of the molecule is O=C1CCCc2ccc(NC(=O)C3CCCNC3)cc21. The van der Waals surface area contributed by atoms with E-state index in [9.17, 15) is 9.59 Å². The maximum absolute atomic E-state index is 12.2. The number of hydrogen-bond acceptors (Lipinski definition) is 3. The van der Waals surface area contributed by atoms with Gasteiger partial charge in [0.25, 0.3) is 0 Å². The molecule has 1 unspecified atom stereocenters. The fourth-order valence-corrected chi connectivity index (χ4v) is 3.03. The summed E-state index contributed by atoms with van der Waals surface area (Å²) in [5.41, 5.74) is 2.64. The number of ketones is 1. The summed E-state index contributed by atoms with van der Waals surface area (Å²) in [4.78, 5) is 24.1. The molecule has 1 heterocycles. The zero-order chi connectivity index (χ0) is 13.9. The van der Waals surface area contributed by atoms with E-state index in [0.717, 1.165) is 55.6 Å². The normalized spacial score (nSPS) is 22.2. The van der Waals surface area contributed by atoms with Gasteiger partial charge in [0.2, 0.25) is 5.91 Å². The van der Waals surface area contributed by atoms with Gasteiger partial charge in [0.05, 0.1) is 5.92 Å². The highest BCUT2D eigenvalue weighted by atomic mass is 16.2. The Kier molecular flexibility index (Phi) is 3.83. The number of carbonyl (C=O) groups excluding carboxylic acids is 2. The molecule has 1 saturated heterocycles. The third kappa shape index (κ3) is 2.75. The molecule has 0 aromatic heterocycles. The van der Waals surface area contributed by atoms with Crippen molar-refractivity contribution in [2.24, 2.45) is 5.92 Å². The van der Waals surface area contributed by atoms with Gasteiger partial charge >= 0.3 is 0 Å². The van der Waals surface area contributed by atoms with Gasteiger partial charge < -0.3 is 10.6 Å². The molecule has 1 amide bonds. The number of benzene rings is 1. The van der Waals surface area contributed by atoms with Gasteiger partial charge in [-0.15, -0.1) is 0 Å². The Morgan fingerprint density at radius 3 is 2.95 bits per heavy atom. The van der Waals surface area contributed by atoms with Gasteiger partial charge in [-0.1, -0.05) is 6.07 Å². The van der Waals surface area contributed by atoms with E-state index in [2.05, 4.69) is 10.6 Å². The number of fused-ring (bicyclic) bond motifs is 1. The molecule has 4 heteroatoms. The zero-order valence-corrected chi connectivity index (χ0v) is 11.6. The third-order valence-electron chi connectivity index (χ3n) is 4.20. The summed E-state index contributed by atoms with van der Waals surface area (Å²) in [6, 6.07) is 5.72. The van der Waals surface area contributed by atoms with Gasteiger partial charge in [0, 0.05) is 24.2 Å². The van der Waals surface area contributed by atoms with Gasteiger partial charge in [-0.25, -0.2) is 0 Å². The largest absolute Gasteiger partial charge is 0.326 e. The first-order chi connectivity index (χ1) is 9.74. The smallest absolute Gasteiger partial charge is 0.228 e. The van der Waals surface area contributed by atoms with Crippen LogP contribution in [0, 0.1) is 5.92 Å². The fraction of sp³-hybridized carbons (Fsp3) is 0.500. The first-order valence-corrected chi connectivity index (χ1v) is 7.42. The second kappa shape index (κ2) is 5.75. The van der Waals surface area contributed by atoms with Gasteiger partial charge in [-0.3, -0.25) is 9.59 Å². The van der Waals surface area contributed by atoms with E-state index in [1.54, 1.807) is 0 Å². The van der Waals surface area contributed by atoms with E-state index < -0.39 is 0 Å². The van der Waals surface area contributed by atoms with E-state index in [1.807, 2.05) is 18.2 Å². The van der Waals surface area contributed by atoms with Crippen LogP contribution in [0.5, 0.6) is 0 Å². The van der Waals surface area contributed by atoms with Crippen molar-refractivity contribution in [2.45, 2.75) is 32.1 Å². The van der Waals surface area contributed by atoms with Crippen molar-refractivity contribution < 1.29 is 9.59 Å². The molecule has 4 nitrogen and oxygen atoms in total. The van der Waals surface area contributed by atoms with Crippen molar-refractivity contribution >= 4 is 17.4 Å². The molecule has 106 valence electrons. The summed E-state index contributed by atoms with van der Waals surface area (Å²) >= 11 is 0. The van der Waals surface area contributed by atoms with Crippen molar-refractivity contribution in [2.75, 3.05) is 18.4 Å². The molecule has 2 N–H and O–H groups in total. The Hall–Kier alpha value is -1.68. The first kappa shape index (κ1) is 13.3. The average molecular weight is 272 g/mol. The molecule has 1 aromatic carbocycles. The van der Waals surface area contributed by atoms with Crippen LogP contribution in [0.3, 0.4) is 0 Å². The number of hydrogen-bond donors (Lipinski definition) is 2. The molecule has 0 spiro atoms. The van der Waals surface area contributed by atoms with Crippen LogP contribution < -0.4 is 10.6 Å². The Morgan fingerprint density at radius 2 is 2.15 bits per heavy atom. The van der Waals surface area contributed by atoms with Crippen molar-refractivity contribution in [3.05, 3.63) is 29.3 Å². The van der Waals surface area contributed by atoms with Gasteiger partial charge in [-0.2, -0.15) is 0 Å². The molecular formula is C16H20N2O2. The van der Waals surface area contributed by atoms with E-state index in [1.165, 1.54) is 0 Å². The highest BCUT2D eigenvalue weighted by Gasteiger charge is 2.22. The Balaban J connectivity index is 1.72. The van der Waals surface area contributed by atoms with Crippen molar-refractivity contribution in [3.63, 3.8) is 0 Å². The lowest BCUT2D eigenvalue weighted by Crippen LogP contribution is -2.37. The van der Waals surface area contributed by atoms with Crippen LogP contribution in [0.25, 0.3) is 0 Å². The van der Waals surface area contributed by atoms with Crippen molar-refractivity contribution in [3.8, 4) is 0 Å². The molecule has 1 aliphatic heterocycles. The van der Waals surface area contributed by atoms with Crippen LogP contribution in [-0.2, 0) is 11.2 Å². The van der Waals surface area contributed by atoms with Crippen LogP contribution in [0.2, 0.25) is 0 Å². The van der Waals surface area contributed by atoms with Gasteiger partial charge in [0.1, 0.15) is 0 Å². The molecule has 0 saturated carbocycles. The van der Waals surface area contributed by atoms with Crippen LogP contribution in [0.15, 0.2) is 18.2 Å². The Morgan fingerprint density at radius 1 is 1.25 bits per heavy atom. The summed E-state index contributed by atoms with van der Waals surface area (Å²) in [6.07, 6.45) is 4.49. The van der Waals surface area contributed by atoms with Gasteiger partial charge in [0.15, 0.2) is 5.78 Å². The number of carbonyl (C=O) groups is 2.